The van der Waals surface area contributed by atoms with E-state index in [0.717, 1.165) is 16.0 Å². The molecule has 0 fully saturated rings. The Morgan fingerprint density at radius 1 is 1.17 bits per heavy atom. The minimum Gasteiger partial charge on any atom is -0.317 e. The van der Waals surface area contributed by atoms with E-state index in [9.17, 15) is 9.59 Å². The summed E-state index contributed by atoms with van der Waals surface area (Å²) in [6.45, 7) is 0. The lowest BCUT2D eigenvalue weighted by Gasteiger charge is -1.91. The first-order chi connectivity index (χ1) is 5.77. The van der Waals surface area contributed by atoms with Crippen LogP contribution in [0.5, 0.6) is 0 Å². The Bertz CT molecular complexity index is 478. The summed E-state index contributed by atoms with van der Waals surface area (Å²) in [6, 6.07) is 7.22. The number of hydrogen-bond donors (Lipinski definition) is 1. The molecule has 0 atom stereocenters. The molecule has 0 unspecified atom stereocenters. The molecule has 0 spiro atoms. The van der Waals surface area contributed by atoms with E-state index in [1.54, 1.807) is 12.1 Å². The molecular formula is C8H5NO2S. The monoisotopic (exact) mass is 179 g/mol. The summed E-state index contributed by atoms with van der Waals surface area (Å²) in [4.78, 5) is 24.3. The molecule has 1 aromatic carbocycles. The van der Waals surface area contributed by atoms with E-state index in [0.29, 0.717) is 5.52 Å². The highest BCUT2D eigenvalue weighted by atomic mass is 32.1. The van der Waals surface area contributed by atoms with Gasteiger partial charge in [-0.25, -0.2) is 0 Å². The van der Waals surface area contributed by atoms with Gasteiger partial charge in [0.15, 0.2) is 0 Å². The van der Waals surface area contributed by atoms with Gasteiger partial charge >= 0.3 is 5.56 Å². The number of para-hydroxylation sites is 1. The largest absolute Gasteiger partial charge is 0.317 e. The average molecular weight is 179 g/mol. The van der Waals surface area contributed by atoms with Crippen LogP contribution in [-0.2, 0) is 0 Å². The number of aromatic nitrogens is 1. The molecule has 0 aliphatic heterocycles. The van der Waals surface area contributed by atoms with Crippen molar-refractivity contribution < 1.29 is 0 Å². The molecule has 2 rings (SSSR count). The van der Waals surface area contributed by atoms with Gasteiger partial charge in [0.05, 0.1) is 10.2 Å². The van der Waals surface area contributed by atoms with Crippen LogP contribution in [0, 0.1) is 0 Å². The summed E-state index contributed by atoms with van der Waals surface area (Å²) in [7, 11) is 0. The molecule has 3 nitrogen and oxygen atoms in total. The lowest BCUT2D eigenvalue weighted by molar-refractivity contribution is 1.30. The summed E-state index contributed by atoms with van der Waals surface area (Å²) in [6.07, 6.45) is 0. The van der Waals surface area contributed by atoms with Gasteiger partial charge in [0.2, 0.25) is 0 Å². The van der Waals surface area contributed by atoms with Crippen molar-refractivity contribution in [2.24, 2.45) is 0 Å². The fraction of sp³-hybridized carbons (Fsp3) is 0. The third-order valence-electron chi connectivity index (χ3n) is 1.52. The van der Waals surface area contributed by atoms with Crippen LogP contribution in [0.15, 0.2) is 33.9 Å². The van der Waals surface area contributed by atoms with E-state index in [2.05, 4.69) is 4.98 Å². The zero-order valence-electron chi connectivity index (χ0n) is 6.03. The van der Waals surface area contributed by atoms with Crippen LogP contribution >= 0.6 is 11.3 Å². The molecule has 1 heterocycles. The molecule has 2 aromatic rings. The number of hydrogen-bond acceptors (Lipinski definition) is 3. The lowest BCUT2D eigenvalue weighted by atomic mass is 10.3. The predicted molar refractivity (Wildman–Crippen MR) is 48.7 cm³/mol. The highest BCUT2D eigenvalue weighted by Crippen LogP contribution is 2.09. The molecule has 0 radical (unpaired) electrons. The van der Waals surface area contributed by atoms with Crippen molar-refractivity contribution in [1.82, 2.24) is 4.98 Å². The van der Waals surface area contributed by atoms with Crippen molar-refractivity contribution in [3.8, 4) is 0 Å². The third kappa shape index (κ3) is 1.06. The maximum absolute atomic E-state index is 10.9. The van der Waals surface area contributed by atoms with E-state index in [4.69, 9.17) is 0 Å². The topological polar surface area (TPSA) is 49.9 Å². The first kappa shape index (κ1) is 7.24. The lowest BCUT2D eigenvalue weighted by Crippen LogP contribution is -2.22. The van der Waals surface area contributed by atoms with Crippen molar-refractivity contribution >= 4 is 21.6 Å². The number of nitrogens with one attached hydrogen (secondary N) is 1. The third-order valence-corrected chi connectivity index (χ3v) is 2.47. The van der Waals surface area contributed by atoms with E-state index in [-0.39, 0.29) is 0 Å². The van der Waals surface area contributed by atoms with Crippen molar-refractivity contribution in [2.45, 2.75) is 0 Å². The normalized spacial score (nSPS) is 10.3. The highest BCUT2D eigenvalue weighted by Gasteiger charge is 1.97. The Morgan fingerprint density at radius 3 is 2.75 bits per heavy atom. The molecule has 0 aliphatic rings. The average Bonchev–Trinajstić information content (AvgIpc) is 2.07. The standard InChI is InChI=1S/C8H5NO2S/c10-7-8(11)12-6-4-2-1-3-5(6)9-7/h1-4H,(H,9,10). The van der Waals surface area contributed by atoms with Crippen molar-refractivity contribution in [2.75, 3.05) is 0 Å². The number of benzene rings is 1. The van der Waals surface area contributed by atoms with E-state index in [1.165, 1.54) is 0 Å². The molecule has 0 amide bonds. The first-order valence-electron chi connectivity index (χ1n) is 3.39. The molecule has 4 heteroatoms. The predicted octanol–water partition coefficient (Wildman–Crippen LogP) is 0.950. The van der Waals surface area contributed by atoms with Crippen LogP contribution < -0.4 is 10.3 Å². The van der Waals surface area contributed by atoms with Crippen LogP contribution in [-0.4, -0.2) is 4.98 Å². The van der Waals surface area contributed by atoms with Crippen LogP contribution in [0.1, 0.15) is 0 Å². The number of H-pyrrole nitrogens is 1. The SMILES string of the molecule is O=c1[nH]c2ccccc2sc1=O. The van der Waals surface area contributed by atoms with Gasteiger partial charge < -0.3 is 4.98 Å². The Balaban J connectivity index is 3.03. The Hall–Kier alpha value is -1.42. The quantitative estimate of drug-likeness (QED) is 0.612. The molecular weight excluding hydrogens is 174 g/mol. The van der Waals surface area contributed by atoms with Gasteiger partial charge in [0.1, 0.15) is 0 Å². The molecule has 60 valence electrons. The van der Waals surface area contributed by atoms with Crippen LogP contribution in [0.2, 0.25) is 0 Å². The van der Waals surface area contributed by atoms with Gasteiger partial charge in [-0.2, -0.15) is 0 Å². The summed E-state index contributed by atoms with van der Waals surface area (Å²) < 4.78 is 0.357. The molecule has 1 N–H and O–H groups in total. The van der Waals surface area contributed by atoms with Crippen LogP contribution in [0.25, 0.3) is 10.2 Å². The smallest absolute Gasteiger partial charge is 0.306 e. The second-order valence-electron chi connectivity index (χ2n) is 2.34. The van der Waals surface area contributed by atoms with E-state index in [1.807, 2.05) is 12.1 Å². The minimum absolute atomic E-state index is 0.450. The maximum Gasteiger partial charge on any atom is 0.306 e. The Kier molecular flexibility index (Phi) is 1.55. The van der Waals surface area contributed by atoms with Gasteiger partial charge in [-0.3, -0.25) is 9.59 Å². The zero-order chi connectivity index (χ0) is 8.55. The molecule has 0 aliphatic carbocycles. The van der Waals surface area contributed by atoms with Gasteiger partial charge in [-0.15, -0.1) is 0 Å². The fourth-order valence-electron chi connectivity index (χ4n) is 0.978. The van der Waals surface area contributed by atoms with Gasteiger partial charge in [0, 0.05) is 0 Å². The second kappa shape index (κ2) is 2.57. The Labute approximate surface area is 71.3 Å². The van der Waals surface area contributed by atoms with Crippen LogP contribution in [0.3, 0.4) is 0 Å². The molecule has 0 bridgehead atoms. The van der Waals surface area contributed by atoms with Gasteiger partial charge in [0.25, 0.3) is 4.74 Å². The van der Waals surface area contributed by atoms with Crippen molar-refractivity contribution in [3.63, 3.8) is 0 Å². The summed E-state index contributed by atoms with van der Waals surface area (Å²) >= 11 is 0.969. The minimum atomic E-state index is -0.543. The molecule has 0 saturated heterocycles. The maximum atomic E-state index is 10.9. The first-order valence-corrected chi connectivity index (χ1v) is 4.21. The Morgan fingerprint density at radius 2 is 1.92 bits per heavy atom. The summed E-state index contributed by atoms with van der Waals surface area (Å²) in [5.74, 6) is 0. The highest BCUT2D eigenvalue weighted by molar-refractivity contribution is 7.16. The van der Waals surface area contributed by atoms with E-state index < -0.39 is 10.3 Å². The van der Waals surface area contributed by atoms with Gasteiger partial charge in [-0.1, -0.05) is 23.5 Å². The zero-order valence-corrected chi connectivity index (χ0v) is 6.85. The van der Waals surface area contributed by atoms with Crippen molar-refractivity contribution in [1.29, 1.82) is 0 Å². The fourth-order valence-corrected chi connectivity index (χ4v) is 1.70. The molecule has 1 aromatic heterocycles. The summed E-state index contributed by atoms with van der Waals surface area (Å²) in [5.41, 5.74) is 0.172. The number of rotatable bonds is 0. The van der Waals surface area contributed by atoms with Crippen molar-refractivity contribution in [3.05, 3.63) is 44.2 Å². The summed E-state index contributed by atoms with van der Waals surface area (Å²) in [5, 5.41) is 0. The number of fused-ring (bicyclic) bond motifs is 1. The number of aromatic amines is 1. The molecule has 12 heavy (non-hydrogen) atoms. The van der Waals surface area contributed by atoms with Crippen LogP contribution in [0.4, 0.5) is 0 Å². The molecule has 0 saturated carbocycles. The van der Waals surface area contributed by atoms with E-state index >= 15 is 0 Å². The second-order valence-corrected chi connectivity index (χ2v) is 3.35. The van der Waals surface area contributed by atoms with Gasteiger partial charge in [-0.05, 0) is 12.1 Å².